The van der Waals surface area contributed by atoms with Crippen LogP contribution in [0.4, 0.5) is 5.00 Å². The van der Waals surface area contributed by atoms with Gasteiger partial charge in [0.05, 0.1) is 10.0 Å². The lowest BCUT2D eigenvalue weighted by atomic mass is 10.5. The second kappa shape index (κ2) is 6.18. The highest BCUT2D eigenvalue weighted by atomic mass is 35.5. The van der Waals surface area contributed by atoms with E-state index in [1.807, 2.05) is 12.1 Å². The Balaban J connectivity index is 1.97. The number of hydrogen-bond donors (Lipinski definition) is 1. The second-order valence-corrected chi connectivity index (χ2v) is 5.37. The van der Waals surface area contributed by atoms with Crippen molar-refractivity contribution in [1.82, 2.24) is 14.6 Å². The van der Waals surface area contributed by atoms with Gasteiger partial charge in [-0.1, -0.05) is 27.9 Å². The lowest BCUT2D eigenvalue weighted by Crippen LogP contribution is -1.97. The summed E-state index contributed by atoms with van der Waals surface area (Å²) in [7, 11) is 0. The standard InChI is InChI=1S/C10H11ClN4S2/c1-2-12-10-8(14-15-17-10)6-16-9-4-3-7(11)5-13-9/h3-5,12H,2,6H2,1H3. The molecule has 2 aromatic rings. The third kappa shape index (κ3) is 3.55. The van der Waals surface area contributed by atoms with Crippen LogP contribution in [-0.2, 0) is 5.75 Å². The second-order valence-electron chi connectivity index (χ2n) is 3.18. The molecule has 0 bridgehead atoms. The smallest absolute Gasteiger partial charge is 0.134 e. The maximum absolute atomic E-state index is 5.78. The van der Waals surface area contributed by atoms with Gasteiger partial charge in [0.1, 0.15) is 10.7 Å². The van der Waals surface area contributed by atoms with Gasteiger partial charge in [-0.3, -0.25) is 0 Å². The number of aromatic nitrogens is 3. The molecule has 2 aromatic heterocycles. The Morgan fingerprint density at radius 2 is 2.35 bits per heavy atom. The van der Waals surface area contributed by atoms with Crippen molar-refractivity contribution in [2.75, 3.05) is 11.9 Å². The van der Waals surface area contributed by atoms with E-state index >= 15 is 0 Å². The van der Waals surface area contributed by atoms with Gasteiger partial charge >= 0.3 is 0 Å². The average molecular weight is 287 g/mol. The Bertz CT molecular complexity index is 471. The predicted molar refractivity (Wildman–Crippen MR) is 72.9 cm³/mol. The summed E-state index contributed by atoms with van der Waals surface area (Å²) in [5.74, 6) is 0.757. The van der Waals surface area contributed by atoms with E-state index in [9.17, 15) is 0 Å². The Hall–Kier alpha value is -0.850. The van der Waals surface area contributed by atoms with Gasteiger partial charge in [0.2, 0.25) is 0 Å². The molecular weight excluding hydrogens is 276 g/mol. The van der Waals surface area contributed by atoms with Gasteiger partial charge in [-0.15, -0.1) is 5.10 Å². The lowest BCUT2D eigenvalue weighted by molar-refractivity contribution is 1.06. The van der Waals surface area contributed by atoms with E-state index in [-0.39, 0.29) is 0 Å². The van der Waals surface area contributed by atoms with E-state index in [2.05, 4.69) is 26.8 Å². The average Bonchev–Trinajstić information content (AvgIpc) is 2.77. The van der Waals surface area contributed by atoms with Crippen molar-refractivity contribution in [2.24, 2.45) is 0 Å². The summed E-state index contributed by atoms with van der Waals surface area (Å²) in [4.78, 5) is 4.22. The molecule has 0 fully saturated rings. The van der Waals surface area contributed by atoms with Crippen molar-refractivity contribution in [3.63, 3.8) is 0 Å². The van der Waals surface area contributed by atoms with E-state index in [1.54, 1.807) is 18.0 Å². The number of hydrogen-bond acceptors (Lipinski definition) is 6. The van der Waals surface area contributed by atoms with Crippen LogP contribution < -0.4 is 5.32 Å². The van der Waals surface area contributed by atoms with Crippen LogP contribution >= 0.6 is 34.9 Å². The number of halogens is 1. The summed E-state index contributed by atoms with van der Waals surface area (Å²) in [6.45, 7) is 2.93. The van der Waals surface area contributed by atoms with Crippen LogP contribution in [0.3, 0.4) is 0 Å². The zero-order valence-electron chi connectivity index (χ0n) is 9.18. The van der Waals surface area contributed by atoms with E-state index in [1.165, 1.54) is 11.5 Å². The molecule has 0 unspecified atom stereocenters. The molecule has 0 aliphatic heterocycles. The number of thioether (sulfide) groups is 1. The number of rotatable bonds is 5. The third-order valence-corrected chi connectivity index (χ3v) is 3.85. The molecule has 17 heavy (non-hydrogen) atoms. The van der Waals surface area contributed by atoms with Crippen LogP contribution in [0.15, 0.2) is 23.4 Å². The molecule has 0 aromatic carbocycles. The molecule has 2 rings (SSSR count). The predicted octanol–water partition coefficient (Wildman–Crippen LogP) is 3.31. The summed E-state index contributed by atoms with van der Waals surface area (Å²) < 4.78 is 3.94. The SMILES string of the molecule is CCNc1snnc1CSc1ccc(Cl)cn1. The Morgan fingerprint density at radius 1 is 1.47 bits per heavy atom. The zero-order valence-corrected chi connectivity index (χ0v) is 11.6. The van der Waals surface area contributed by atoms with Crippen molar-refractivity contribution in [1.29, 1.82) is 0 Å². The van der Waals surface area contributed by atoms with Crippen LogP contribution in [0.25, 0.3) is 0 Å². The summed E-state index contributed by atoms with van der Waals surface area (Å²) in [6, 6.07) is 3.74. The first-order valence-corrected chi connectivity index (χ1v) is 7.22. The first-order chi connectivity index (χ1) is 8.29. The van der Waals surface area contributed by atoms with Gasteiger partial charge in [-0.25, -0.2) is 4.98 Å². The van der Waals surface area contributed by atoms with Crippen LogP contribution in [0, 0.1) is 0 Å². The van der Waals surface area contributed by atoms with Gasteiger partial charge < -0.3 is 5.32 Å². The Kier molecular flexibility index (Phi) is 4.58. The first-order valence-electron chi connectivity index (χ1n) is 5.09. The monoisotopic (exact) mass is 286 g/mol. The van der Waals surface area contributed by atoms with Crippen LogP contribution in [-0.4, -0.2) is 21.1 Å². The molecule has 90 valence electrons. The van der Waals surface area contributed by atoms with Gasteiger partial charge in [0.25, 0.3) is 0 Å². The van der Waals surface area contributed by atoms with Crippen molar-refractivity contribution in [3.05, 3.63) is 29.0 Å². The van der Waals surface area contributed by atoms with Crippen molar-refractivity contribution in [3.8, 4) is 0 Å². The number of nitrogens with one attached hydrogen (secondary N) is 1. The topological polar surface area (TPSA) is 50.7 Å². The zero-order chi connectivity index (χ0) is 12.1. The normalized spacial score (nSPS) is 10.5. The summed E-state index contributed by atoms with van der Waals surface area (Å²) in [5, 5.41) is 9.96. The molecule has 1 N–H and O–H groups in total. The minimum absolute atomic E-state index is 0.651. The molecule has 0 amide bonds. The van der Waals surface area contributed by atoms with Crippen molar-refractivity contribution < 1.29 is 0 Å². The molecule has 0 saturated heterocycles. The van der Waals surface area contributed by atoms with Gasteiger partial charge in [0.15, 0.2) is 0 Å². The van der Waals surface area contributed by atoms with Crippen LogP contribution in [0.2, 0.25) is 5.02 Å². The fraction of sp³-hybridized carbons (Fsp3) is 0.300. The fourth-order valence-corrected chi connectivity index (χ4v) is 2.82. The molecule has 2 heterocycles. The summed E-state index contributed by atoms with van der Waals surface area (Å²) >= 11 is 8.78. The maximum atomic E-state index is 5.78. The van der Waals surface area contributed by atoms with E-state index < -0.39 is 0 Å². The third-order valence-electron chi connectivity index (χ3n) is 1.95. The lowest BCUT2D eigenvalue weighted by Gasteiger charge is -2.02. The molecule has 0 radical (unpaired) electrons. The summed E-state index contributed by atoms with van der Waals surface area (Å²) in [5.41, 5.74) is 0.971. The van der Waals surface area contributed by atoms with Crippen molar-refractivity contribution in [2.45, 2.75) is 17.7 Å². The van der Waals surface area contributed by atoms with Crippen LogP contribution in [0.5, 0.6) is 0 Å². The molecule has 4 nitrogen and oxygen atoms in total. The minimum atomic E-state index is 0.651. The van der Waals surface area contributed by atoms with Gasteiger partial charge in [-0.05, 0) is 19.1 Å². The number of anilines is 1. The Morgan fingerprint density at radius 3 is 3.06 bits per heavy atom. The van der Waals surface area contributed by atoms with Crippen molar-refractivity contribution >= 4 is 39.9 Å². The molecule has 0 atom stereocenters. The van der Waals surface area contributed by atoms with E-state index in [0.717, 1.165) is 28.0 Å². The molecule has 7 heteroatoms. The Labute approximate surface area is 113 Å². The van der Waals surface area contributed by atoms with E-state index in [4.69, 9.17) is 11.6 Å². The molecule has 0 saturated carbocycles. The maximum Gasteiger partial charge on any atom is 0.134 e. The highest BCUT2D eigenvalue weighted by Crippen LogP contribution is 2.26. The molecular formula is C10H11ClN4S2. The van der Waals surface area contributed by atoms with Gasteiger partial charge in [-0.2, -0.15) is 0 Å². The van der Waals surface area contributed by atoms with E-state index in [0.29, 0.717) is 5.02 Å². The highest BCUT2D eigenvalue weighted by molar-refractivity contribution is 7.98. The molecule has 0 aliphatic carbocycles. The molecule has 0 spiro atoms. The fourth-order valence-electron chi connectivity index (χ4n) is 1.19. The summed E-state index contributed by atoms with van der Waals surface area (Å²) in [6.07, 6.45) is 1.65. The number of pyridine rings is 1. The minimum Gasteiger partial charge on any atom is -0.374 e. The quantitative estimate of drug-likeness (QED) is 0.855. The van der Waals surface area contributed by atoms with Gasteiger partial charge in [0, 0.05) is 30.0 Å². The largest absolute Gasteiger partial charge is 0.374 e. The number of nitrogens with zero attached hydrogens (tertiary/aromatic N) is 3. The highest BCUT2D eigenvalue weighted by Gasteiger charge is 2.07. The molecule has 0 aliphatic rings. The first kappa shape index (κ1) is 12.6. The van der Waals surface area contributed by atoms with Crippen LogP contribution in [0.1, 0.15) is 12.6 Å².